The van der Waals surface area contributed by atoms with Gasteiger partial charge in [-0.15, -0.1) is 0 Å². The second-order valence-corrected chi connectivity index (χ2v) is 2.67. The van der Waals surface area contributed by atoms with E-state index in [0.717, 1.165) is 0 Å². The summed E-state index contributed by atoms with van der Waals surface area (Å²) in [5, 5.41) is 0. The lowest BCUT2D eigenvalue weighted by Gasteiger charge is -2.06. The van der Waals surface area contributed by atoms with Crippen LogP contribution in [-0.4, -0.2) is 17.6 Å². The zero-order chi connectivity index (χ0) is 8.85. The molecule has 0 rings (SSSR count). The number of rotatable bonds is 5. The van der Waals surface area contributed by atoms with Gasteiger partial charge >= 0.3 is 0 Å². The van der Waals surface area contributed by atoms with Crippen LogP contribution in [0, 0.1) is 0 Å². The molecule has 0 aromatic rings. The number of hydrogen-bond donors (Lipinski definition) is 1. The van der Waals surface area contributed by atoms with Gasteiger partial charge < -0.3 is 10.5 Å². The lowest BCUT2D eigenvalue weighted by molar-refractivity contribution is -0.120. The second-order valence-electron chi connectivity index (χ2n) is 2.67. The van der Waals surface area contributed by atoms with E-state index in [2.05, 4.69) is 0 Å². The Kier molecular flexibility index (Phi) is 4.70. The van der Waals surface area contributed by atoms with Crippen molar-refractivity contribution in [3.63, 3.8) is 0 Å². The molecule has 0 radical (unpaired) electrons. The van der Waals surface area contributed by atoms with Gasteiger partial charge in [0.05, 0.1) is 6.04 Å². The third kappa shape index (κ3) is 4.67. The Hall–Kier alpha value is -0.700. The average molecular weight is 157 g/mol. The van der Waals surface area contributed by atoms with Crippen LogP contribution >= 0.6 is 0 Å². The second kappa shape index (κ2) is 5.02. The fourth-order valence-electron chi connectivity index (χ4n) is 0.782. The predicted octanol–water partition coefficient (Wildman–Crippen LogP) is 0.662. The van der Waals surface area contributed by atoms with Crippen molar-refractivity contribution in [3.8, 4) is 0 Å². The molecule has 0 saturated carbocycles. The molecule has 0 heterocycles. The maximum absolute atomic E-state index is 10.9. The molecule has 0 fully saturated rings. The molecule has 0 spiro atoms. The van der Waals surface area contributed by atoms with Gasteiger partial charge in [0.1, 0.15) is 11.6 Å². The highest BCUT2D eigenvalue weighted by atomic mass is 16.1. The van der Waals surface area contributed by atoms with Crippen molar-refractivity contribution in [2.24, 2.45) is 5.73 Å². The first-order chi connectivity index (χ1) is 5.07. The van der Waals surface area contributed by atoms with E-state index in [1.807, 2.05) is 0 Å². The van der Waals surface area contributed by atoms with Gasteiger partial charge in [0.25, 0.3) is 0 Å². The molecule has 0 aliphatic rings. The predicted molar refractivity (Wildman–Crippen MR) is 43.2 cm³/mol. The van der Waals surface area contributed by atoms with Crippen molar-refractivity contribution in [3.05, 3.63) is 0 Å². The highest BCUT2D eigenvalue weighted by molar-refractivity contribution is 5.84. The van der Waals surface area contributed by atoms with E-state index in [4.69, 9.17) is 5.73 Å². The standard InChI is InChI=1S/C8H15NO2/c1-3-8(11)7(9)5-4-6(2)10/h7H,3-5,9H2,1-2H3. The van der Waals surface area contributed by atoms with Gasteiger partial charge in [0.2, 0.25) is 0 Å². The fraction of sp³-hybridized carbons (Fsp3) is 0.750. The highest BCUT2D eigenvalue weighted by Crippen LogP contribution is 1.98. The van der Waals surface area contributed by atoms with Gasteiger partial charge in [-0.2, -0.15) is 0 Å². The van der Waals surface area contributed by atoms with E-state index < -0.39 is 6.04 Å². The third-order valence-electron chi connectivity index (χ3n) is 1.57. The van der Waals surface area contributed by atoms with Crippen molar-refractivity contribution in [2.45, 2.75) is 39.2 Å². The van der Waals surface area contributed by atoms with Crippen molar-refractivity contribution >= 4 is 11.6 Å². The zero-order valence-corrected chi connectivity index (χ0v) is 7.09. The number of carbonyl (C=O) groups is 2. The summed E-state index contributed by atoms with van der Waals surface area (Å²) in [6.07, 6.45) is 1.36. The van der Waals surface area contributed by atoms with Crippen LogP contribution in [0.25, 0.3) is 0 Å². The summed E-state index contributed by atoms with van der Waals surface area (Å²) in [5.74, 6) is 0.121. The van der Waals surface area contributed by atoms with E-state index in [1.165, 1.54) is 6.92 Å². The van der Waals surface area contributed by atoms with Crippen LogP contribution in [0.1, 0.15) is 33.1 Å². The van der Waals surface area contributed by atoms with Crippen LogP contribution in [0.4, 0.5) is 0 Å². The number of ketones is 2. The molecule has 0 bridgehead atoms. The smallest absolute Gasteiger partial charge is 0.149 e. The average Bonchev–Trinajstić information content (AvgIpc) is 1.98. The minimum absolute atomic E-state index is 0.0336. The first kappa shape index (κ1) is 10.3. The minimum atomic E-state index is -0.441. The maximum Gasteiger partial charge on any atom is 0.149 e. The van der Waals surface area contributed by atoms with Crippen LogP contribution in [-0.2, 0) is 9.59 Å². The molecule has 0 aliphatic heterocycles. The number of Topliss-reactive ketones (excluding diaryl/α,β-unsaturated/α-hetero) is 2. The van der Waals surface area contributed by atoms with Crippen LogP contribution in [0.3, 0.4) is 0 Å². The Bertz CT molecular complexity index is 154. The SMILES string of the molecule is CCC(=O)C(N)CCC(C)=O. The lowest BCUT2D eigenvalue weighted by Crippen LogP contribution is -2.30. The van der Waals surface area contributed by atoms with Crippen LogP contribution in [0.15, 0.2) is 0 Å². The molecule has 0 amide bonds. The van der Waals surface area contributed by atoms with E-state index >= 15 is 0 Å². The van der Waals surface area contributed by atoms with Crippen molar-refractivity contribution < 1.29 is 9.59 Å². The molecule has 3 heteroatoms. The molecular formula is C8H15NO2. The summed E-state index contributed by atoms with van der Waals surface area (Å²) in [4.78, 5) is 21.4. The summed E-state index contributed by atoms with van der Waals surface area (Å²) in [6, 6.07) is -0.441. The van der Waals surface area contributed by atoms with Crippen LogP contribution in [0.2, 0.25) is 0 Å². The van der Waals surface area contributed by atoms with E-state index in [9.17, 15) is 9.59 Å². The Labute approximate surface area is 67.0 Å². The zero-order valence-electron chi connectivity index (χ0n) is 7.09. The van der Waals surface area contributed by atoms with Gasteiger partial charge in [0, 0.05) is 12.8 Å². The van der Waals surface area contributed by atoms with E-state index in [-0.39, 0.29) is 11.6 Å². The summed E-state index contributed by atoms with van der Waals surface area (Å²) >= 11 is 0. The van der Waals surface area contributed by atoms with Gasteiger partial charge in [-0.3, -0.25) is 4.79 Å². The molecule has 64 valence electrons. The summed E-state index contributed by atoms with van der Waals surface area (Å²) in [6.45, 7) is 3.28. The molecule has 1 unspecified atom stereocenters. The normalized spacial score (nSPS) is 12.6. The van der Waals surface area contributed by atoms with Gasteiger partial charge in [-0.1, -0.05) is 6.92 Å². The summed E-state index contributed by atoms with van der Waals surface area (Å²) in [7, 11) is 0. The molecule has 2 N–H and O–H groups in total. The van der Waals surface area contributed by atoms with Crippen molar-refractivity contribution in [1.82, 2.24) is 0 Å². The van der Waals surface area contributed by atoms with E-state index in [0.29, 0.717) is 19.3 Å². The topological polar surface area (TPSA) is 60.2 Å². The van der Waals surface area contributed by atoms with Crippen molar-refractivity contribution in [2.75, 3.05) is 0 Å². The maximum atomic E-state index is 10.9. The Morgan fingerprint density at radius 2 is 2.00 bits per heavy atom. The van der Waals surface area contributed by atoms with Gasteiger partial charge in [0.15, 0.2) is 0 Å². The highest BCUT2D eigenvalue weighted by Gasteiger charge is 2.10. The fourth-order valence-corrected chi connectivity index (χ4v) is 0.782. The summed E-state index contributed by atoms with van der Waals surface area (Å²) in [5.41, 5.74) is 5.47. The number of nitrogens with two attached hydrogens (primary N) is 1. The monoisotopic (exact) mass is 157 g/mol. The lowest BCUT2D eigenvalue weighted by atomic mass is 10.0. The quantitative estimate of drug-likeness (QED) is 0.637. The third-order valence-corrected chi connectivity index (χ3v) is 1.57. The molecule has 0 aromatic carbocycles. The van der Waals surface area contributed by atoms with Crippen LogP contribution in [0.5, 0.6) is 0 Å². The Morgan fingerprint density at radius 3 is 2.36 bits per heavy atom. The van der Waals surface area contributed by atoms with Gasteiger partial charge in [-0.05, 0) is 13.3 Å². The van der Waals surface area contributed by atoms with E-state index in [1.54, 1.807) is 6.92 Å². The minimum Gasteiger partial charge on any atom is -0.321 e. The van der Waals surface area contributed by atoms with Gasteiger partial charge in [-0.25, -0.2) is 0 Å². The molecule has 3 nitrogen and oxygen atoms in total. The molecule has 0 aliphatic carbocycles. The van der Waals surface area contributed by atoms with Crippen LogP contribution < -0.4 is 5.73 Å². The number of hydrogen-bond acceptors (Lipinski definition) is 3. The molecule has 1 atom stereocenters. The molecule has 0 aromatic heterocycles. The largest absolute Gasteiger partial charge is 0.321 e. The first-order valence-corrected chi connectivity index (χ1v) is 3.85. The first-order valence-electron chi connectivity index (χ1n) is 3.85. The molecule has 0 saturated heterocycles. The molecular weight excluding hydrogens is 142 g/mol. The summed E-state index contributed by atoms with van der Waals surface area (Å²) < 4.78 is 0. The number of carbonyl (C=O) groups excluding carboxylic acids is 2. The van der Waals surface area contributed by atoms with Crippen molar-refractivity contribution in [1.29, 1.82) is 0 Å². The Morgan fingerprint density at radius 1 is 1.45 bits per heavy atom. The molecule has 11 heavy (non-hydrogen) atoms. The Balaban J connectivity index is 3.60.